The first-order valence-corrected chi connectivity index (χ1v) is 10.8. The van der Waals surface area contributed by atoms with Gasteiger partial charge in [0.15, 0.2) is 0 Å². The minimum Gasteiger partial charge on any atom is -0.495 e. The van der Waals surface area contributed by atoms with Gasteiger partial charge in [-0.25, -0.2) is 8.42 Å². The average Bonchev–Trinajstić information content (AvgIpc) is 2.71. The third kappa shape index (κ3) is 3.53. The van der Waals surface area contributed by atoms with E-state index < -0.39 is 10.0 Å². The Labute approximate surface area is 175 Å². The molecule has 0 bridgehead atoms. The molecule has 0 saturated carbocycles. The lowest BCUT2D eigenvalue weighted by molar-refractivity contribution is 0.402. The topological polar surface area (TPSA) is 92.4 Å². The number of fused-ring (bicyclic) bond motifs is 1. The second kappa shape index (κ2) is 7.84. The first kappa shape index (κ1) is 21.4. The van der Waals surface area contributed by atoms with Gasteiger partial charge in [-0.2, -0.15) is 5.26 Å². The molecule has 3 aromatic rings. The largest absolute Gasteiger partial charge is 0.495 e. The predicted octanol–water partition coefficient (Wildman–Crippen LogP) is 3.33. The third-order valence-corrected chi connectivity index (χ3v) is 6.98. The Morgan fingerprint density at radius 1 is 1.13 bits per heavy atom. The third-order valence-electron chi connectivity index (χ3n) is 4.94. The van der Waals surface area contributed by atoms with Crippen LogP contribution in [0.4, 0.5) is 5.69 Å². The number of aryl methyl sites for hydroxylation is 2. The monoisotopic (exact) mass is 425 g/mol. The Bertz CT molecular complexity index is 1330. The molecule has 3 rings (SSSR count). The summed E-state index contributed by atoms with van der Waals surface area (Å²) >= 11 is 0. The lowest BCUT2D eigenvalue weighted by Crippen LogP contribution is -2.37. The highest BCUT2D eigenvalue weighted by molar-refractivity contribution is 7.93. The van der Waals surface area contributed by atoms with E-state index in [4.69, 9.17) is 10.00 Å². The standard InChI is InChI=1S/C22H23N3O4S/c1-14(2)25(30(27,28)21-9-6-16(13-23)11-20(21)29-5)18-7-8-19-17(12-18)10-15(3)22(26)24(19)4/h6-12,14H,1-5H3. The maximum Gasteiger partial charge on any atom is 0.268 e. The minimum atomic E-state index is -3.99. The van der Waals surface area contributed by atoms with Gasteiger partial charge in [0, 0.05) is 24.0 Å². The minimum absolute atomic E-state index is 0.0190. The van der Waals surface area contributed by atoms with Crippen molar-refractivity contribution in [2.45, 2.75) is 31.7 Å². The summed E-state index contributed by atoms with van der Waals surface area (Å²) in [4.78, 5) is 12.2. The smallest absolute Gasteiger partial charge is 0.268 e. The number of benzene rings is 2. The van der Waals surface area contributed by atoms with E-state index in [0.29, 0.717) is 22.3 Å². The molecule has 7 nitrogen and oxygen atoms in total. The molecule has 0 unspecified atom stereocenters. The molecule has 0 amide bonds. The van der Waals surface area contributed by atoms with Gasteiger partial charge in [-0.15, -0.1) is 0 Å². The molecule has 0 fully saturated rings. The summed E-state index contributed by atoms with van der Waals surface area (Å²) in [6, 6.07) is 12.8. The Balaban J connectivity index is 2.23. The molecule has 1 heterocycles. The van der Waals surface area contributed by atoms with Crippen LogP contribution < -0.4 is 14.6 Å². The summed E-state index contributed by atoms with van der Waals surface area (Å²) in [7, 11) is -0.928. The van der Waals surface area contributed by atoms with Crippen LogP contribution in [-0.2, 0) is 17.1 Å². The van der Waals surface area contributed by atoms with Crippen molar-refractivity contribution in [3.05, 3.63) is 63.9 Å². The lowest BCUT2D eigenvalue weighted by atomic mass is 10.1. The van der Waals surface area contributed by atoms with Crippen molar-refractivity contribution in [3.8, 4) is 11.8 Å². The van der Waals surface area contributed by atoms with Crippen molar-refractivity contribution in [2.24, 2.45) is 7.05 Å². The molecule has 30 heavy (non-hydrogen) atoms. The Hall–Kier alpha value is -3.31. The van der Waals surface area contributed by atoms with Crippen LogP contribution in [0.1, 0.15) is 25.0 Å². The van der Waals surface area contributed by atoms with Crippen molar-refractivity contribution < 1.29 is 13.2 Å². The molecule has 8 heteroatoms. The van der Waals surface area contributed by atoms with Crippen molar-refractivity contribution in [1.29, 1.82) is 5.26 Å². The zero-order valence-electron chi connectivity index (χ0n) is 17.5. The Kier molecular flexibility index (Phi) is 5.59. The summed E-state index contributed by atoms with van der Waals surface area (Å²) in [5, 5.41) is 9.87. The van der Waals surface area contributed by atoms with E-state index in [1.807, 2.05) is 6.07 Å². The zero-order chi connectivity index (χ0) is 22.2. The van der Waals surface area contributed by atoms with Gasteiger partial charge in [-0.05, 0) is 63.2 Å². The molecule has 0 aliphatic carbocycles. The Morgan fingerprint density at radius 2 is 1.83 bits per heavy atom. The second-order valence-corrected chi connectivity index (χ2v) is 9.09. The number of methoxy groups -OCH3 is 1. The zero-order valence-corrected chi connectivity index (χ0v) is 18.3. The predicted molar refractivity (Wildman–Crippen MR) is 116 cm³/mol. The van der Waals surface area contributed by atoms with Crippen LogP contribution >= 0.6 is 0 Å². The number of hydrogen-bond donors (Lipinski definition) is 0. The molecule has 156 valence electrons. The molecule has 0 saturated heterocycles. The summed E-state index contributed by atoms with van der Waals surface area (Å²) in [5.41, 5.74) is 1.98. The van der Waals surface area contributed by atoms with Gasteiger partial charge >= 0.3 is 0 Å². The van der Waals surface area contributed by atoms with Crippen molar-refractivity contribution in [3.63, 3.8) is 0 Å². The van der Waals surface area contributed by atoms with E-state index in [0.717, 1.165) is 5.39 Å². The van der Waals surface area contributed by atoms with Crippen molar-refractivity contribution in [1.82, 2.24) is 4.57 Å². The summed E-state index contributed by atoms with van der Waals surface area (Å²) in [5.74, 6) is 0.110. The molecular weight excluding hydrogens is 402 g/mol. The first-order valence-electron chi connectivity index (χ1n) is 9.34. The lowest BCUT2D eigenvalue weighted by Gasteiger charge is -2.29. The summed E-state index contributed by atoms with van der Waals surface area (Å²) < 4.78 is 35.3. The van der Waals surface area contributed by atoms with E-state index in [1.54, 1.807) is 56.7 Å². The van der Waals surface area contributed by atoms with E-state index >= 15 is 0 Å². The summed E-state index contributed by atoms with van der Waals surface area (Å²) in [6.45, 7) is 5.29. The number of nitriles is 1. The van der Waals surface area contributed by atoms with Gasteiger partial charge in [-0.3, -0.25) is 9.10 Å². The molecule has 0 radical (unpaired) electrons. The van der Waals surface area contributed by atoms with E-state index in [1.165, 1.54) is 29.6 Å². The van der Waals surface area contributed by atoms with Gasteiger partial charge in [0.05, 0.1) is 29.9 Å². The number of rotatable bonds is 5. The van der Waals surface area contributed by atoms with Gasteiger partial charge < -0.3 is 9.30 Å². The normalized spacial score (nSPS) is 11.5. The molecule has 0 aliphatic heterocycles. The van der Waals surface area contributed by atoms with Gasteiger partial charge in [0.1, 0.15) is 10.6 Å². The van der Waals surface area contributed by atoms with Gasteiger partial charge in [0.25, 0.3) is 15.6 Å². The van der Waals surface area contributed by atoms with Crippen LogP contribution in [0.25, 0.3) is 10.9 Å². The number of sulfonamides is 1. The number of ether oxygens (including phenoxy) is 1. The molecule has 0 N–H and O–H groups in total. The van der Waals surface area contributed by atoms with Crippen LogP contribution in [-0.4, -0.2) is 26.1 Å². The maximum atomic E-state index is 13.6. The molecule has 0 aliphatic rings. The molecule has 2 aromatic carbocycles. The summed E-state index contributed by atoms with van der Waals surface area (Å²) in [6.07, 6.45) is 0. The van der Waals surface area contributed by atoms with E-state index in [2.05, 4.69) is 0 Å². The van der Waals surface area contributed by atoms with Gasteiger partial charge in [0.2, 0.25) is 0 Å². The Morgan fingerprint density at radius 3 is 2.43 bits per heavy atom. The highest BCUT2D eigenvalue weighted by Crippen LogP contribution is 2.33. The van der Waals surface area contributed by atoms with Crippen molar-refractivity contribution in [2.75, 3.05) is 11.4 Å². The number of hydrogen-bond acceptors (Lipinski definition) is 5. The fraction of sp³-hybridized carbons (Fsp3) is 0.273. The highest BCUT2D eigenvalue weighted by atomic mass is 32.2. The first-order chi connectivity index (χ1) is 14.1. The van der Waals surface area contributed by atoms with Crippen molar-refractivity contribution >= 4 is 26.6 Å². The highest BCUT2D eigenvalue weighted by Gasteiger charge is 2.30. The van der Waals surface area contributed by atoms with Crippen LogP contribution in [0.5, 0.6) is 5.75 Å². The fourth-order valence-corrected chi connectivity index (χ4v) is 5.33. The quantitative estimate of drug-likeness (QED) is 0.625. The van der Waals surface area contributed by atoms with Crippen LogP contribution in [0, 0.1) is 18.3 Å². The van der Waals surface area contributed by atoms with Crippen LogP contribution in [0.15, 0.2) is 52.2 Å². The van der Waals surface area contributed by atoms with Crippen LogP contribution in [0.2, 0.25) is 0 Å². The number of aromatic nitrogens is 1. The van der Waals surface area contributed by atoms with E-state index in [9.17, 15) is 13.2 Å². The number of nitrogens with zero attached hydrogens (tertiary/aromatic N) is 3. The average molecular weight is 426 g/mol. The van der Waals surface area contributed by atoms with E-state index in [-0.39, 0.29) is 22.2 Å². The molecule has 1 aromatic heterocycles. The van der Waals surface area contributed by atoms with Gasteiger partial charge in [-0.1, -0.05) is 0 Å². The SMILES string of the molecule is COc1cc(C#N)ccc1S(=O)(=O)N(c1ccc2c(c1)cc(C)c(=O)n2C)C(C)C. The maximum absolute atomic E-state index is 13.6. The van der Waals surface area contributed by atoms with Crippen LogP contribution in [0.3, 0.4) is 0 Å². The second-order valence-electron chi connectivity index (χ2n) is 7.31. The molecule has 0 spiro atoms. The fourth-order valence-electron chi connectivity index (χ4n) is 3.54. The number of anilines is 1. The number of pyridine rings is 1. The molecule has 0 atom stereocenters. The molecular formula is C22H23N3O4S.